The molecule has 2 amide bonds. The molecule has 21 heavy (non-hydrogen) atoms. The molecule has 1 saturated heterocycles. The number of imidazole rings is 1. The predicted octanol–water partition coefficient (Wildman–Crippen LogP) is 1.91. The van der Waals surface area contributed by atoms with Crippen molar-refractivity contribution in [3.63, 3.8) is 0 Å². The number of thioether (sulfide) groups is 1. The van der Waals surface area contributed by atoms with Crippen molar-refractivity contribution in [3.05, 3.63) is 30.1 Å². The zero-order valence-corrected chi connectivity index (χ0v) is 12.4. The van der Waals surface area contributed by atoms with E-state index in [1.54, 1.807) is 4.90 Å². The maximum atomic E-state index is 12.0. The lowest BCUT2D eigenvalue weighted by Gasteiger charge is -2.16. The number of carbonyl (C=O) groups excluding carboxylic acids is 2. The Morgan fingerprint density at radius 3 is 3.05 bits per heavy atom. The van der Waals surface area contributed by atoms with Gasteiger partial charge in [0, 0.05) is 12.3 Å². The van der Waals surface area contributed by atoms with Crippen LogP contribution in [0.1, 0.15) is 18.8 Å². The molecule has 2 heterocycles. The van der Waals surface area contributed by atoms with E-state index in [4.69, 9.17) is 0 Å². The van der Waals surface area contributed by atoms with E-state index in [9.17, 15) is 9.59 Å². The quantitative estimate of drug-likeness (QED) is 0.904. The molecule has 2 aromatic rings. The molecule has 110 valence electrons. The number of benzene rings is 1. The second-order valence-electron chi connectivity index (χ2n) is 4.96. The summed E-state index contributed by atoms with van der Waals surface area (Å²) in [6.45, 7) is 2.61. The minimum absolute atomic E-state index is 0.0264. The molecule has 1 aliphatic heterocycles. The highest BCUT2D eigenvalue weighted by molar-refractivity contribution is 8.13. The Balaban J connectivity index is 1.63. The number of rotatable bonds is 4. The van der Waals surface area contributed by atoms with Gasteiger partial charge in [0.1, 0.15) is 12.4 Å². The summed E-state index contributed by atoms with van der Waals surface area (Å²) >= 11 is 1.25. The van der Waals surface area contributed by atoms with Crippen LogP contribution in [0.15, 0.2) is 24.3 Å². The van der Waals surface area contributed by atoms with Crippen LogP contribution in [0.25, 0.3) is 11.0 Å². The van der Waals surface area contributed by atoms with E-state index >= 15 is 0 Å². The first kappa shape index (κ1) is 13.9. The number of amides is 2. The number of nitrogens with zero attached hydrogens (tertiary/aromatic N) is 2. The Morgan fingerprint density at radius 2 is 2.33 bits per heavy atom. The number of nitrogens with one attached hydrogen (secondary N) is 2. The van der Waals surface area contributed by atoms with Crippen LogP contribution >= 0.6 is 11.8 Å². The fourth-order valence-corrected chi connectivity index (χ4v) is 3.10. The first-order chi connectivity index (χ1) is 10.1. The lowest BCUT2D eigenvalue weighted by atomic mass is 10.3. The second kappa shape index (κ2) is 5.77. The molecule has 1 aromatic heterocycles. The van der Waals surface area contributed by atoms with Crippen LogP contribution < -0.4 is 5.32 Å². The van der Waals surface area contributed by atoms with E-state index in [1.807, 2.05) is 31.2 Å². The molecule has 1 fully saturated rings. The lowest BCUT2D eigenvalue weighted by Crippen LogP contribution is -2.38. The van der Waals surface area contributed by atoms with Crippen LogP contribution in [0.5, 0.6) is 0 Å². The lowest BCUT2D eigenvalue weighted by molar-refractivity contribution is -0.122. The molecule has 0 aliphatic carbocycles. The average Bonchev–Trinajstić information content (AvgIpc) is 3.05. The van der Waals surface area contributed by atoms with E-state index in [0.29, 0.717) is 12.4 Å². The minimum atomic E-state index is -0.227. The Bertz CT molecular complexity index is 651. The van der Waals surface area contributed by atoms with Crippen molar-refractivity contribution in [1.82, 2.24) is 20.2 Å². The molecule has 0 unspecified atom stereocenters. The third-order valence-electron chi connectivity index (χ3n) is 3.37. The summed E-state index contributed by atoms with van der Waals surface area (Å²) in [5.74, 6) is 1.30. The van der Waals surface area contributed by atoms with E-state index < -0.39 is 0 Å². The fraction of sp³-hybridized carbons (Fsp3) is 0.357. The molecule has 6 nitrogen and oxygen atoms in total. The molecule has 0 radical (unpaired) electrons. The molecule has 1 aromatic carbocycles. The number of para-hydroxylation sites is 2. The van der Waals surface area contributed by atoms with Gasteiger partial charge in [0.05, 0.1) is 17.1 Å². The summed E-state index contributed by atoms with van der Waals surface area (Å²) in [7, 11) is 0. The predicted molar refractivity (Wildman–Crippen MR) is 82.1 cm³/mol. The van der Waals surface area contributed by atoms with Crippen LogP contribution in [-0.2, 0) is 4.79 Å². The number of aromatic amines is 1. The number of aromatic nitrogens is 2. The van der Waals surface area contributed by atoms with Gasteiger partial charge < -0.3 is 15.2 Å². The summed E-state index contributed by atoms with van der Waals surface area (Å²) in [6, 6.07) is 7.50. The zero-order valence-electron chi connectivity index (χ0n) is 11.6. The molecule has 3 rings (SSSR count). The normalized spacial score (nSPS) is 16.4. The standard InChI is InChI=1S/C14H16N4O2S/c1-9(13-16-10-4-2-3-5-11(10)17-13)15-12(19)8-18-6-7-21-14(18)20/h2-5,9H,6-8H2,1H3,(H,15,19)(H,16,17)/t9-/m0/s1. The largest absolute Gasteiger partial charge is 0.345 e. The second-order valence-corrected chi connectivity index (χ2v) is 6.01. The van der Waals surface area contributed by atoms with Crippen molar-refractivity contribution in [1.29, 1.82) is 0 Å². The topological polar surface area (TPSA) is 78.1 Å². The van der Waals surface area contributed by atoms with Gasteiger partial charge in [-0.2, -0.15) is 0 Å². The molecule has 0 spiro atoms. The van der Waals surface area contributed by atoms with Gasteiger partial charge in [0.2, 0.25) is 5.91 Å². The molecule has 1 atom stereocenters. The number of fused-ring (bicyclic) bond motifs is 1. The third-order valence-corrected chi connectivity index (χ3v) is 4.27. The number of hydrogen-bond donors (Lipinski definition) is 2. The van der Waals surface area contributed by atoms with Crippen LogP contribution in [0.2, 0.25) is 0 Å². The summed E-state index contributed by atoms with van der Waals surface area (Å²) in [6.07, 6.45) is 0. The van der Waals surface area contributed by atoms with Crippen molar-refractivity contribution in [2.45, 2.75) is 13.0 Å². The monoisotopic (exact) mass is 304 g/mol. The molecule has 0 bridgehead atoms. The highest BCUT2D eigenvalue weighted by atomic mass is 32.2. The van der Waals surface area contributed by atoms with Gasteiger partial charge in [0.15, 0.2) is 0 Å². The molecular weight excluding hydrogens is 288 g/mol. The van der Waals surface area contributed by atoms with Gasteiger partial charge in [-0.15, -0.1) is 0 Å². The summed E-state index contributed by atoms with van der Waals surface area (Å²) < 4.78 is 0. The van der Waals surface area contributed by atoms with Crippen LogP contribution in [0, 0.1) is 0 Å². The van der Waals surface area contributed by atoms with Gasteiger partial charge in [-0.05, 0) is 19.1 Å². The SMILES string of the molecule is C[C@H](NC(=O)CN1CCSC1=O)c1nc2ccccc2[nH]1. The Labute approximate surface area is 126 Å². The molecule has 1 aliphatic rings. The van der Waals surface area contributed by atoms with E-state index in [0.717, 1.165) is 16.8 Å². The average molecular weight is 304 g/mol. The maximum absolute atomic E-state index is 12.0. The van der Waals surface area contributed by atoms with Crippen molar-refractivity contribution >= 4 is 33.9 Å². The highest BCUT2D eigenvalue weighted by Crippen LogP contribution is 2.17. The molecule has 7 heteroatoms. The highest BCUT2D eigenvalue weighted by Gasteiger charge is 2.24. The van der Waals surface area contributed by atoms with Gasteiger partial charge in [-0.1, -0.05) is 23.9 Å². The van der Waals surface area contributed by atoms with Crippen molar-refractivity contribution in [2.75, 3.05) is 18.8 Å². The minimum Gasteiger partial charge on any atom is -0.345 e. The summed E-state index contributed by atoms with van der Waals surface area (Å²) in [4.78, 5) is 32.7. The van der Waals surface area contributed by atoms with Gasteiger partial charge in [0.25, 0.3) is 5.24 Å². The first-order valence-corrected chi connectivity index (χ1v) is 7.78. The molecule has 2 N–H and O–H groups in total. The Hall–Kier alpha value is -2.02. The van der Waals surface area contributed by atoms with Gasteiger partial charge >= 0.3 is 0 Å². The van der Waals surface area contributed by atoms with Crippen LogP contribution in [0.4, 0.5) is 4.79 Å². The number of H-pyrrole nitrogens is 1. The Morgan fingerprint density at radius 1 is 1.52 bits per heavy atom. The summed E-state index contributed by atoms with van der Waals surface area (Å²) in [5, 5.41) is 2.84. The van der Waals surface area contributed by atoms with Crippen LogP contribution in [0.3, 0.4) is 0 Å². The fourth-order valence-electron chi connectivity index (χ4n) is 2.28. The van der Waals surface area contributed by atoms with Crippen molar-refractivity contribution in [2.24, 2.45) is 0 Å². The first-order valence-electron chi connectivity index (χ1n) is 6.79. The summed E-state index contributed by atoms with van der Waals surface area (Å²) in [5.41, 5.74) is 1.82. The molecule has 0 saturated carbocycles. The third kappa shape index (κ3) is 3.02. The maximum Gasteiger partial charge on any atom is 0.282 e. The van der Waals surface area contributed by atoms with E-state index in [-0.39, 0.29) is 23.7 Å². The molecular formula is C14H16N4O2S. The smallest absolute Gasteiger partial charge is 0.282 e. The van der Waals surface area contributed by atoms with E-state index in [2.05, 4.69) is 15.3 Å². The van der Waals surface area contributed by atoms with Crippen molar-refractivity contribution in [3.8, 4) is 0 Å². The van der Waals surface area contributed by atoms with Gasteiger partial charge in [-0.25, -0.2) is 4.98 Å². The Kier molecular flexibility index (Phi) is 3.83. The van der Waals surface area contributed by atoms with Crippen LogP contribution in [-0.4, -0.2) is 44.9 Å². The number of hydrogen-bond acceptors (Lipinski definition) is 4. The van der Waals surface area contributed by atoms with E-state index in [1.165, 1.54) is 11.8 Å². The zero-order chi connectivity index (χ0) is 14.8. The van der Waals surface area contributed by atoms with Crippen molar-refractivity contribution < 1.29 is 9.59 Å². The van der Waals surface area contributed by atoms with Gasteiger partial charge in [-0.3, -0.25) is 9.59 Å². The number of carbonyl (C=O) groups is 2.